The Morgan fingerprint density at radius 1 is 1.06 bits per heavy atom. The van der Waals surface area contributed by atoms with Crippen LogP contribution in [0.4, 0.5) is 0 Å². The molecule has 2 heterocycles. The van der Waals surface area contributed by atoms with Crippen LogP contribution in [0.5, 0.6) is 0 Å². The molecular formula is C28H39N3O3. The number of hydrogen-bond acceptors (Lipinski definition) is 5. The van der Waals surface area contributed by atoms with Gasteiger partial charge in [-0.1, -0.05) is 80.8 Å². The van der Waals surface area contributed by atoms with E-state index in [1.54, 1.807) is 0 Å². The van der Waals surface area contributed by atoms with Crippen molar-refractivity contribution >= 4 is 11.5 Å². The number of nitrogens with one attached hydrogen (secondary N) is 1. The summed E-state index contributed by atoms with van der Waals surface area (Å²) >= 11 is 0. The van der Waals surface area contributed by atoms with Gasteiger partial charge in [-0.2, -0.15) is 4.98 Å². The molecule has 1 saturated heterocycles. The van der Waals surface area contributed by atoms with Crippen molar-refractivity contribution in [3.05, 3.63) is 53.9 Å². The Bertz CT molecular complexity index is 946. The van der Waals surface area contributed by atoms with Crippen molar-refractivity contribution < 1.29 is 14.4 Å². The lowest BCUT2D eigenvalue weighted by atomic mass is 9.77. The molecule has 0 spiro atoms. The molecule has 1 aliphatic heterocycles. The molecule has 1 aromatic carbocycles. The van der Waals surface area contributed by atoms with Crippen LogP contribution in [0.15, 0.2) is 47.0 Å². The molecule has 3 aliphatic rings. The maximum atomic E-state index is 9.00. The Hall–Kier alpha value is -2.73. The summed E-state index contributed by atoms with van der Waals surface area (Å²) in [5.41, 5.74) is 3.42. The minimum Gasteiger partial charge on any atom is -0.481 e. The minimum atomic E-state index is -0.833. The predicted molar refractivity (Wildman–Crippen MR) is 136 cm³/mol. The van der Waals surface area contributed by atoms with E-state index in [2.05, 4.69) is 58.0 Å². The third-order valence-electron chi connectivity index (χ3n) is 6.69. The number of carboxylic acids is 1. The molecule has 2 N–H and O–H groups in total. The molecule has 6 nitrogen and oxygen atoms in total. The van der Waals surface area contributed by atoms with Crippen LogP contribution in [0, 0.1) is 11.8 Å². The molecule has 1 saturated carbocycles. The third-order valence-corrected chi connectivity index (χ3v) is 6.69. The standard InChI is InChI=1S/C24H29N3O.C2H4O2.C2H6/c1-2-5-17(6-3-1)18-8-14-21(15-9-18)24-26-23(27-28-24)20-12-10-19(11-13-20)22-7-4-16-25-22;1-2(3)4;1-2/h8,10-15,17-18,22,25H,1-7,9,16H2;1H3,(H,3,4);1-2H3. The number of aromatic nitrogens is 2. The molecule has 1 aromatic heterocycles. The van der Waals surface area contributed by atoms with Crippen molar-refractivity contribution in [3.8, 4) is 11.4 Å². The number of carboxylic acid groups (broad SMARTS) is 1. The van der Waals surface area contributed by atoms with Gasteiger partial charge in [0.15, 0.2) is 0 Å². The van der Waals surface area contributed by atoms with Crippen LogP contribution in [-0.2, 0) is 4.79 Å². The minimum absolute atomic E-state index is 0.490. The summed E-state index contributed by atoms with van der Waals surface area (Å²) in [6.07, 6.45) is 17.4. The van der Waals surface area contributed by atoms with Crippen LogP contribution in [-0.4, -0.2) is 27.8 Å². The highest BCUT2D eigenvalue weighted by Crippen LogP contribution is 2.36. The van der Waals surface area contributed by atoms with Gasteiger partial charge < -0.3 is 14.9 Å². The largest absolute Gasteiger partial charge is 0.481 e. The highest BCUT2D eigenvalue weighted by Gasteiger charge is 2.24. The molecule has 0 bridgehead atoms. The fourth-order valence-electron chi connectivity index (χ4n) is 5.00. The summed E-state index contributed by atoms with van der Waals surface area (Å²) in [6, 6.07) is 9.07. The highest BCUT2D eigenvalue weighted by molar-refractivity contribution is 5.70. The lowest BCUT2D eigenvalue weighted by molar-refractivity contribution is -0.134. The Labute approximate surface area is 203 Å². The number of nitrogens with zero attached hydrogens (tertiary/aromatic N) is 2. The molecule has 34 heavy (non-hydrogen) atoms. The quantitative estimate of drug-likeness (QED) is 0.515. The second-order valence-corrected chi connectivity index (χ2v) is 9.03. The molecule has 2 aliphatic carbocycles. The zero-order chi connectivity index (χ0) is 24.3. The van der Waals surface area contributed by atoms with Crippen molar-refractivity contribution in [3.63, 3.8) is 0 Å². The van der Waals surface area contributed by atoms with E-state index in [0.717, 1.165) is 36.9 Å². The van der Waals surface area contributed by atoms with Crippen LogP contribution in [0.2, 0.25) is 0 Å². The van der Waals surface area contributed by atoms with Gasteiger partial charge in [-0.15, -0.1) is 0 Å². The molecular weight excluding hydrogens is 426 g/mol. The van der Waals surface area contributed by atoms with Crippen molar-refractivity contribution in [1.29, 1.82) is 0 Å². The second kappa shape index (κ2) is 13.2. The first kappa shape index (κ1) is 25.9. The fourth-order valence-corrected chi connectivity index (χ4v) is 5.00. The normalized spacial score (nSPS) is 22.1. The summed E-state index contributed by atoms with van der Waals surface area (Å²) in [5, 5.41) is 15.2. The zero-order valence-electron chi connectivity index (χ0n) is 20.8. The molecule has 2 fully saturated rings. The number of carbonyl (C=O) groups is 1. The maximum absolute atomic E-state index is 9.00. The number of rotatable bonds is 4. The Morgan fingerprint density at radius 3 is 2.35 bits per heavy atom. The topological polar surface area (TPSA) is 88.3 Å². The van der Waals surface area contributed by atoms with Gasteiger partial charge in [0.25, 0.3) is 11.9 Å². The Kier molecular flexibility index (Phi) is 10.1. The molecule has 184 valence electrons. The van der Waals surface area contributed by atoms with E-state index >= 15 is 0 Å². The summed E-state index contributed by atoms with van der Waals surface area (Å²) < 4.78 is 5.58. The highest BCUT2D eigenvalue weighted by atomic mass is 16.5. The lowest BCUT2D eigenvalue weighted by Crippen LogP contribution is -2.17. The van der Waals surface area contributed by atoms with E-state index in [4.69, 9.17) is 14.4 Å². The average molecular weight is 466 g/mol. The van der Waals surface area contributed by atoms with E-state index in [-0.39, 0.29) is 0 Å². The van der Waals surface area contributed by atoms with Crippen LogP contribution in [0.1, 0.15) is 89.6 Å². The van der Waals surface area contributed by atoms with E-state index in [0.29, 0.717) is 23.7 Å². The van der Waals surface area contributed by atoms with Crippen molar-refractivity contribution in [1.82, 2.24) is 15.5 Å². The van der Waals surface area contributed by atoms with Crippen molar-refractivity contribution in [2.75, 3.05) is 6.54 Å². The molecule has 5 rings (SSSR count). The summed E-state index contributed by atoms with van der Waals surface area (Å²) in [5.74, 6) is 2.01. The van der Waals surface area contributed by atoms with Gasteiger partial charge in [-0.05, 0) is 56.0 Å². The Morgan fingerprint density at radius 2 is 1.76 bits per heavy atom. The molecule has 0 amide bonds. The summed E-state index contributed by atoms with van der Waals surface area (Å²) in [4.78, 5) is 13.7. The van der Waals surface area contributed by atoms with Gasteiger partial charge in [-0.25, -0.2) is 0 Å². The third kappa shape index (κ3) is 7.13. The molecule has 2 atom stereocenters. The van der Waals surface area contributed by atoms with Gasteiger partial charge in [-0.3, -0.25) is 4.79 Å². The fraction of sp³-hybridized carbons (Fsp3) is 0.536. The van der Waals surface area contributed by atoms with E-state index < -0.39 is 5.97 Å². The van der Waals surface area contributed by atoms with Gasteiger partial charge >= 0.3 is 0 Å². The van der Waals surface area contributed by atoms with Crippen LogP contribution in [0.25, 0.3) is 17.0 Å². The second-order valence-electron chi connectivity index (χ2n) is 9.03. The van der Waals surface area contributed by atoms with Crippen LogP contribution >= 0.6 is 0 Å². The Balaban J connectivity index is 0.000000492. The SMILES string of the molecule is C1=CC(C2CCCCC2)CC=C1c1nc(-c2ccc(C3CCCN3)cc2)no1.CC.CC(=O)O. The first-order valence-electron chi connectivity index (χ1n) is 12.9. The van der Waals surface area contributed by atoms with E-state index in [1.807, 2.05) is 13.8 Å². The van der Waals surface area contributed by atoms with Gasteiger partial charge in [0, 0.05) is 24.1 Å². The molecule has 2 unspecified atom stereocenters. The average Bonchev–Trinajstić information content (AvgIpc) is 3.59. The van der Waals surface area contributed by atoms with Gasteiger partial charge in [0.05, 0.1) is 0 Å². The number of hydrogen-bond donors (Lipinski definition) is 2. The number of allylic oxidation sites excluding steroid dienone is 4. The molecule has 0 radical (unpaired) electrons. The summed E-state index contributed by atoms with van der Waals surface area (Å²) in [7, 11) is 0. The van der Waals surface area contributed by atoms with E-state index in [1.165, 1.54) is 50.5 Å². The summed E-state index contributed by atoms with van der Waals surface area (Å²) in [6.45, 7) is 6.20. The van der Waals surface area contributed by atoms with Gasteiger partial charge in [0.1, 0.15) is 0 Å². The lowest BCUT2D eigenvalue weighted by Gasteiger charge is -2.29. The maximum Gasteiger partial charge on any atom is 0.300 e. The van der Waals surface area contributed by atoms with Crippen molar-refractivity contribution in [2.24, 2.45) is 11.8 Å². The predicted octanol–water partition coefficient (Wildman–Crippen LogP) is 6.82. The molecule has 2 aromatic rings. The van der Waals surface area contributed by atoms with Crippen LogP contribution < -0.4 is 5.32 Å². The zero-order valence-corrected chi connectivity index (χ0v) is 20.8. The smallest absolute Gasteiger partial charge is 0.300 e. The van der Waals surface area contributed by atoms with E-state index in [9.17, 15) is 0 Å². The van der Waals surface area contributed by atoms with Gasteiger partial charge in [0.2, 0.25) is 5.82 Å². The van der Waals surface area contributed by atoms with Crippen LogP contribution in [0.3, 0.4) is 0 Å². The number of aliphatic carboxylic acids is 1. The molecule has 6 heteroatoms. The first-order valence-corrected chi connectivity index (χ1v) is 12.9. The van der Waals surface area contributed by atoms with Crippen molar-refractivity contribution in [2.45, 2.75) is 78.2 Å². The first-order chi connectivity index (χ1) is 16.6. The number of benzene rings is 1. The monoisotopic (exact) mass is 465 g/mol.